The predicted molar refractivity (Wildman–Crippen MR) is 23.2 cm³/mol. The summed E-state index contributed by atoms with van der Waals surface area (Å²) in [7, 11) is 0. The van der Waals surface area contributed by atoms with Gasteiger partial charge in [-0.25, -0.2) is 0 Å². The fourth-order valence-corrected chi connectivity index (χ4v) is 0. The van der Waals surface area contributed by atoms with E-state index in [-0.39, 0.29) is 1060 Å². The number of hydrogen-bond donors (Lipinski definition) is 1. The van der Waals surface area contributed by atoms with E-state index in [1.165, 1.54) is 0 Å². The standard InChI is InChI=1S/C2H3.CN.CHO2.34U/c2*1-2;2-1-3;;;;;;;;;;;;;;;;;;;;;;;;;;;;;;;;;;/h1H,2H2;;(H,2,3);;;;;;;;;;;;;;;;;;;;;;;;;;;;;;;;;;/q3*-1;;;;;;;;;;;;;;;;;;;;;;;;;;;;;;;;;;+2. The number of aliphatic hydroxyl groups excluding tert-OH is 1. The molecule has 0 aliphatic carbocycles. The van der Waals surface area contributed by atoms with E-state index in [4.69, 9.17) is 21.7 Å². The van der Waals surface area contributed by atoms with E-state index < -0.39 is 0 Å². The Morgan fingerprint density at radius 2 is 0.341 bits per heavy atom. The number of hydrogen-bond acceptors (Lipinski definition) is 2. The summed E-state index contributed by atoms with van der Waals surface area (Å²) in [6.45, 7) is 12.2. The Bertz CT molecular complexity index is 69.2. The van der Waals surface area contributed by atoms with Crippen LogP contribution in [0.4, 0.5) is 0 Å². The molecule has 0 aliphatic heterocycles. The van der Waals surface area contributed by atoms with Crippen LogP contribution in [-0.4, -0.2) is 11.6 Å². The largest absolute Gasteiger partial charge is 2.00 e. The van der Waals surface area contributed by atoms with Crippen molar-refractivity contribution in [1.82, 2.24) is 0 Å². The molecule has 0 fully saturated rings. The smallest absolute Gasteiger partial charge is 0.665 e. The van der Waals surface area contributed by atoms with Crippen LogP contribution >= 0.6 is 0 Å². The molecule has 0 aromatic heterocycles. The zero-order chi connectivity index (χ0) is 6.71. The van der Waals surface area contributed by atoms with Crippen molar-refractivity contribution >= 4 is 6.47 Å². The molecule has 0 atom stereocenters. The van der Waals surface area contributed by atoms with Gasteiger partial charge >= 0.3 is 31.1 Å². The minimum Gasteiger partial charge on any atom is -0.665 e. The molecule has 41 heavy (non-hydrogen) atoms. The van der Waals surface area contributed by atoms with Crippen molar-refractivity contribution in [2.24, 2.45) is 0 Å². The quantitative estimate of drug-likeness (QED) is 0.356. The van der Waals surface area contributed by atoms with Gasteiger partial charge in [0.2, 0.25) is 0 Å². The maximum Gasteiger partial charge on any atom is 2.00 e. The van der Waals surface area contributed by atoms with Gasteiger partial charge in [0.1, 0.15) is 0 Å². The van der Waals surface area contributed by atoms with Gasteiger partial charge in [-0.2, -0.15) is 0 Å². The molecule has 0 radical (unpaired) electrons. The van der Waals surface area contributed by atoms with Gasteiger partial charge in [-0.15, -0.1) is 0 Å². The summed E-state index contributed by atoms with van der Waals surface area (Å²) < 4.78 is 0. The van der Waals surface area contributed by atoms with Crippen molar-refractivity contribution in [3.05, 3.63) is 19.7 Å². The van der Waals surface area contributed by atoms with Crippen molar-refractivity contribution in [2.75, 3.05) is 0 Å². The third-order valence-electron chi connectivity index (χ3n) is 0. The predicted octanol–water partition coefficient (Wildman–Crippen LogP) is 0.313. The topological polar surface area (TPSA) is 61.1 Å². The summed E-state index contributed by atoms with van der Waals surface area (Å²) in [5.41, 5.74) is 0. The first kappa shape index (κ1) is 283. The van der Waals surface area contributed by atoms with Crippen LogP contribution in [0.1, 0.15) is 0 Å². The third-order valence-corrected chi connectivity index (χ3v) is 0. The summed E-state index contributed by atoms with van der Waals surface area (Å²) in [6, 6.07) is 0. The van der Waals surface area contributed by atoms with Crippen molar-refractivity contribution < 1.29 is 1070 Å². The average Bonchev–Trinajstić information content (AvgIpc) is 1.78. The van der Waals surface area contributed by atoms with Gasteiger partial charge in [0.05, 0.1) is 0 Å². The second-order valence-electron chi connectivity index (χ2n) is 0.0913. The van der Waals surface area contributed by atoms with Crippen LogP contribution in [0.5, 0.6) is 0 Å². The van der Waals surface area contributed by atoms with Gasteiger partial charge in [0.25, 0.3) is 0 Å². The van der Waals surface area contributed by atoms with Crippen LogP contribution in [-0.2, 0) is 4.79 Å². The second kappa shape index (κ2) is 320. The Hall–Kier alpha value is 34.5. The van der Waals surface area contributed by atoms with Gasteiger partial charge in [0, 0.05) is 1030 Å². The van der Waals surface area contributed by atoms with E-state index in [0.717, 1.165) is 0 Å². The molecule has 0 bridgehead atoms. The molecular formula is C4H4NO2U34-. The summed E-state index contributed by atoms with van der Waals surface area (Å²) in [6.07, 6.45) is 0. The molecule has 0 aromatic rings. The molecule has 0 heterocycles. The van der Waals surface area contributed by atoms with Gasteiger partial charge in [-0.3, -0.25) is 6.58 Å². The molecule has 0 saturated heterocycles. The summed E-state index contributed by atoms with van der Waals surface area (Å²) in [5, 5.41) is 13.0. The molecule has 0 spiro atoms. The molecule has 0 rings (SSSR count). The monoisotopic (exact) mass is 8190 g/mol. The summed E-state index contributed by atoms with van der Waals surface area (Å²) in [4.78, 5) is 8.24. The second-order valence-corrected chi connectivity index (χ2v) is 0.0913. The minimum atomic E-state index is 0. The molecule has 0 saturated carbocycles. The molecule has 37 heteroatoms. The maximum absolute atomic E-state index is 8.24. The van der Waals surface area contributed by atoms with Crippen LogP contribution < -0.4 is 0 Å². The van der Waals surface area contributed by atoms with E-state index in [9.17, 15) is 0 Å². The van der Waals surface area contributed by atoms with Crippen molar-refractivity contribution in [2.45, 2.75) is 0 Å². The fourth-order valence-electron chi connectivity index (χ4n) is 0. The van der Waals surface area contributed by atoms with E-state index in [1.807, 2.05) is 0 Å². The minimum absolute atomic E-state index is 0. The first-order valence-corrected chi connectivity index (χ1v) is 1.06. The van der Waals surface area contributed by atoms with Gasteiger partial charge in [0.15, 0.2) is 0 Å². The molecule has 0 aliphatic rings. The third kappa shape index (κ3) is 329. The molecular weight excluding hydrogens is 8190 g/mol. The Kier molecular flexibility index (Phi) is 2200. The Morgan fingerprint density at radius 3 is 0.341 bits per heavy atom. The van der Waals surface area contributed by atoms with Gasteiger partial charge in [-0.05, 0) is 0 Å². The van der Waals surface area contributed by atoms with Crippen molar-refractivity contribution in [3.63, 3.8) is 0 Å². The number of rotatable bonds is 0. The van der Waals surface area contributed by atoms with Crippen molar-refractivity contribution in [3.8, 4) is 0 Å². The average molecular weight is 8190 g/mol. The molecule has 3 nitrogen and oxygen atoms in total. The Morgan fingerprint density at radius 1 is 0.341 bits per heavy atom. The molecule has 0 unspecified atom stereocenters. The molecule has 1 N–H and O–H groups in total. The normalized spacial score (nSPS) is 0.439. The summed E-state index contributed by atoms with van der Waals surface area (Å²) in [5.74, 6) is 0. The zero-order valence-electron chi connectivity index (χ0n) is 20.6. The zero-order valence-corrected chi connectivity index (χ0v) is 162. The van der Waals surface area contributed by atoms with Crippen LogP contribution in [0.25, 0.3) is 0 Å². The molecule has 174 valence electrons. The first-order chi connectivity index (χ1) is 3.41. The molecule has 0 aromatic carbocycles. The van der Waals surface area contributed by atoms with Crippen molar-refractivity contribution in [1.29, 1.82) is 5.26 Å². The van der Waals surface area contributed by atoms with Crippen LogP contribution in [0.2, 0.25) is 0 Å². The summed E-state index contributed by atoms with van der Waals surface area (Å²) >= 11 is 0. The van der Waals surface area contributed by atoms with Crippen LogP contribution in [0.15, 0.2) is 6.58 Å². The SMILES string of the molecule is O=[C-]O.[C-]#N.[CH-]=C.[U+2].[U].[U].[U].[U].[U].[U].[U].[U].[U].[U].[U].[U].[U].[U].[U].[U].[U].[U].[U].[U].[U].[U].[U].[U].[U].[U].[U].[U].[U].[U].[U].[U].[U]. The Balaban J connectivity index is -0.000000000119. The van der Waals surface area contributed by atoms with Crippen LogP contribution in [0.3, 0.4) is 0 Å². The van der Waals surface area contributed by atoms with E-state index in [0.29, 0.717) is 6.47 Å². The Labute approximate surface area is 1060 Å². The first-order valence-electron chi connectivity index (χ1n) is 1.06. The fraction of sp³-hybridized carbons (Fsp3) is 0. The number of nitrogens with zero attached hydrogens (tertiary/aromatic N) is 1. The van der Waals surface area contributed by atoms with Crippen LogP contribution in [0, 0.1) is 1080 Å². The molecule has 0 amide bonds. The van der Waals surface area contributed by atoms with Gasteiger partial charge < -0.3 is 28.3 Å². The van der Waals surface area contributed by atoms with Gasteiger partial charge in [-0.1, -0.05) is 6.47 Å². The van der Waals surface area contributed by atoms with E-state index >= 15 is 0 Å². The van der Waals surface area contributed by atoms with E-state index in [1.54, 1.807) is 0 Å². The maximum atomic E-state index is 8.24. The van der Waals surface area contributed by atoms with E-state index in [2.05, 4.69) is 13.2 Å².